The van der Waals surface area contributed by atoms with Gasteiger partial charge >= 0.3 is 0 Å². The Balaban J connectivity index is 2.64. The second-order valence-corrected chi connectivity index (χ2v) is 5.49. The van der Waals surface area contributed by atoms with E-state index in [0.29, 0.717) is 5.92 Å². The number of hydrogen-bond acceptors (Lipinski definition) is 3. The lowest BCUT2D eigenvalue weighted by molar-refractivity contribution is 0.156. The smallest absolute Gasteiger partial charge is 0.0140 e. The summed E-state index contributed by atoms with van der Waals surface area (Å²) in [4.78, 5) is 0. The number of hydrogen-bond donors (Lipinski definition) is 3. The maximum absolute atomic E-state index is 6.08. The normalized spacial score (nSPS) is 42.0. The van der Waals surface area contributed by atoms with Crippen LogP contribution in [-0.2, 0) is 0 Å². The van der Waals surface area contributed by atoms with Crippen molar-refractivity contribution in [2.24, 2.45) is 23.1 Å². The molecule has 78 valence electrons. The fourth-order valence-corrected chi connectivity index (χ4v) is 2.41. The Morgan fingerprint density at radius 2 is 1.92 bits per heavy atom. The molecule has 0 amide bonds. The Bertz CT molecular complexity index is 181. The Kier molecular flexibility index (Phi) is 2.72. The maximum Gasteiger partial charge on any atom is 0.0140 e. The fourth-order valence-electron chi connectivity index (χ4n) is 2.41. The summed E-state index contributed by atoms with van der Waals surface area (Å²) in [5.41, 5.74) is 17.9. The molecule has 1 aliphatic carbocycles. The van der Waals surface area contributed by atoms with Crippen LogP contribution in [0, 0.1) is 5.92 Å². The average molecular weight is 185 g/mol. The Morgan fingerprint density at radius 1 is 1.38 bits per heavy atom. The first-order valence-electron chi connectivity index (χ1n) is 5.06. The molecule has 0 aliphatic heterocycles. The van der Waals surface area contributed by atoms with E-state index in [1.807, 2.05) is 0 Å². The van der Waals surface area contributed by atoms with E-state index in [1.54, 1.807) is 0 Å². The van der Waals surface area contributed by atoms with Gasteiger partial charge in [-0.3, -0.25) is 0 Å². The molecule has 3 unspecified atom stereocenters. The van der Waals surface area contributed by atoms with Crippen molar-refractivity contribution in [1.82, 2.24) is 0 Å². The SMILES string of the molecule is CC1(N)CCC(C(C)(C)N)C(N)C1. The summed E-state index contributed by atoms with van der Waals surface area (Å²) >= 11 is 0. The van der Waals surface area contributed by atoms with Crippen LogP contribution in [0.15, 0.2) is 0 Å². The second-order valence-electron chi connectivity index (χ2n) is 5.49. The molecule has 0 aromatic carbocycles. The van der Waals surface area contributed by atoms with E-state index >= 15 is 0 Å². The van der Waals surface area contributed by atoms with E-state index in [2.05, 4.69) is 20.8 Å². The predicted molar refractivity (Wildman–Crippen MR) is 56.2 cm³/mol. The van der Waals surface area contributed by atoms with Crippen LogP contribution in [0.25, 0.3) is 0 Å². The molecule has 1 saturated carbocycles. The van der Waals surface area contributed by atoms with Crippen molar-refractivity contribution in [1.29, 1.82) is 0 Å². The molecule has 1 rings (SSSR count). The first-order valence-corrected chi connectivity index (χ1v) is 5.06. The predicted octanol–water partition coefficient (Wildman–Crippen LogP) is 0.569. The van der Waals surface area contributed by atoms with Crippen molar-refractivity contribution < 1.29 is 0 Å². The summed E-state index contributed by atoms with van der Waals surface area (Å²) in [7, 11) is 0. The summed E-state index contributed by atoms with van der Waals surface area (Å²) in [5.74, 6) is 0.407. The van der Waals surface area contributed by atoms with Crippen molar-refractivity contribution >= 4 is 0 Å². The molecule has 0 aromatic heterocycles. The van der Waals surface area contributed by atoms with Gasteiger partial charge in [0.25, 0.3) is 0 Å². The third-order valence-electron chi connectivity index (χ3n) is 3.20. The lowest BCUT2D eigenvalue weighted by atomic mass is 9.69. The molecule has 3 heteroatoms. The Labute approximate surface area is 81.0 Å². The molecule has 0 aromatic rings. The highest BCUT2D eigenvalue weighted by Crippen LogP contribution is 2.34. The summed E-state index contributed by atoms with van der Waals surface area (Å²) in [6, 6.07) is 0.156. The van der Waals surface area contributed by atoms with E-state index in [-0.39, 0.29) is 17.1 Å². The molecule has 1 fully saturated rings. The van der Waals surface area contributed by atoms with Gasteiger partial charge in [-0.2, -0.15) is 0 Å². The topological polar surface area (TPSA) is 78.1 Å². The van der Waals surface area contributed by atoms with E-state index in [9.17, 15) is 0 Å². The molecule has 0 saturated heterocycles. The Morgan fingerprint density at radius 3 is 2.31 bits per heavy atom. The van der Waals surface area contributed by atoms with Crippen molar-refractivity contribution in [3.63, 3.8) is 0 Å². The summed E-state index contributed by atoms with van der Waals surface area (Å²) in [5, 5.41) is 0. The lowest BCUT2D eigenvalue weighted by Gasteiger charge is -2.44. The average Bonchev–Trinajstić information content (AvgIpc) is 1.80. The minimum absolute atomic E-state index is 0.0822. The van der Waals surface area contributed by atoms with Crippen molar-refractivity contribution in [2.75, 3.05) is 0 Å². The molecule has 0 heterocycles. The monoisotopic (exact) mass is 185 g/mol. The Hall–Kier alpha value is -0.120. The molecule has 0 bridgehead atoms. The highest BCUT2D eigenvalue weighted by atomic mass is 14.8. The summed E-state index contributed by atoms with van der Waals surface area (Å²) in [6.45, 7) is 6.18. The molecule has 0 spiro atoms. The number of rotatable bonds is 1. The largest absolute Gasteiger partial charge is 0.327 e. The van der Waals surface area contributed by atoms with Gasteiger partial charge in [0.15, 0.2) is 0 Å². The zero-order valence-corrected chi connectivity index (χ0v) is 9.01. The van der Waals surface area contributed by atoms with E-state index in [4.69, 9.17) is 17.2 Å². The first-order chi connectivity index (χ1) is 5.72. The van der Waals surface area contributed by atoms with Crippen LogP contribution in [0.5, 0.6) is 0 Å². The van der Waals surface area contributed by atoms with Crippen LogP contribution in [0.4, 0.5) is 0 Å². The van der Waals surface area contributed by atoms with Gasteiger partial charge in [-0.1, -0.05) is 0 Å². The van der Waals surface area contributed by atoms with Crippen molar-refractivity contribution in [2.45, 2.75) is 57.2 Å². The molecule has 3 atom stereocenters. The quantitative estimate of drug-likeness (QED) is 0.559. The highest BCUT2D eigenvalue weighted by Gasteiger charge is 2.39. The molecule has 3 nitrogen and oxygen atoms in total. The van der Waals surface area contributed by atoms with E-state index in [0.717, 1.165) is 19.3 Å². The minimum Gasteiger partial charge on any atom is -0.327 e. The first kappa shape index (κ1) is 11.0. The molecule has 13 heavy (non-hydrogen) atoms. The van der Waals surface area contributed by atoms with Gasteiger partial charge in [-0.25, -0.2) is 0 Å². The van der Waals surface area contributed by atoms with Crippen LogP contribution < -0.4 is 17.2 Å². The van der Waals surface area contributed by atoms with Crippen LogP contribution in [0.3, 0.4) is 0 Å². The summed E-state index contributed by atoms with van der Waals surface area (Å²) < 4.78 is 0. The van der Waals surface area contributed by atoms with Crippen LogP contribution in [0.2, 0.25) is 0 Å². The molecular weight excluding hydrogens is 162 g/mol. The third kappa shape index (κ3) is 2.66. The zero-order chi connectivity index (χ0) is 10.3. The van der Waals surface area contributed by atoms with E-state index < -0.39 is 0 Å². The van der Waals surface area contributed by atoms with Gasteiger partial charge in [0.05, 0.1) is 0 Å². The summed E-state index contributed by atoms with van der Waals surface area (Å²) in [6.07, 6.45) is 2.97. The van der Waals surface area contributed by atoms with Gasteiger partial charge in [-0.15, -0.1) is 0 Å². The minimum atomic E-state index is -0.171. The molecular formula is C10H23N3. The van der Waals surface area contributed by atoms with E-state index in [1.165, 1.54) is 0 Å². The van der Waals surface area contributed by atoms with Crippen LogP contribution in [-0.4, -0.2) is 17.1 Å². The van der Waals surface area contributed by atoms with Crippen LogP contribution >= 0.6 is 0 Å². The van der Waals surface area contributed by atoms with Gasteiger partial charge in [-0.05, 0) is 46.0 Å². The van der Waals surface area contributed by atoms with Gasteiger partial charge in [0.1, 0.15) is 0 Å². The standard InChI is InChI=1S/C10H23N3/c1-9(2,12)7-4-5-10(3,13)6-8(7)11/h7-8H,4-6,11-13H2,1-3H3. The highest BCUT2D eigenvalue weighted by molar-refractivity contribution is 4.99. The van der Waals surface area contributed by atoms with Crippen molar-refractivity contribution in [3.8, 4) is 0 Å². The lowest BCUT2D eigenvalue weighted by Crippen LogP contribution is -2.57. The van der Waals surface area contributed by atoms with Gasteiger partial charge in [0.2, 0.25) is 0 Å². The third-order valence-corrected chi connectivity index (χ3v) is 3.20. The van der Waals surface area contributed by atoms with Crippen molar-refractivity contribution in [3.05, 3.63) is 0 Å². The number of nitrogens with two attached hydrogens (primary N) is 3. The van der Waals surface area contributed by atoms with Crippen LogP contribution in [0.1, 0.15) is 40.0 Å². The zero-order valence-electron chi connectivity index (χ0n) is 9.01. The van der Waals surface area contributed by atoms with Gasteiger partial charge in [0, 0.05) is 17.1 Å². The second kappa shape index (κ2) is 3.23. The molecule has 6 N–H and O–H groups in total. The maximum atomic E-state index is 6.08. The molecule has 1 aliphatic rings. The molecule has 0 radical (unpaired) electrons. The fraction of sp³-hybridized carbons (Fsp3) is 1.00. The van der Waals surface area contributed by atoms with Gasteiger partial charge < -0.3 is 17.2 Å².